The van der Waals surface area contributed by atoms with Crippen LogP contribution in [0.5, 0.6) is 0 Å². The number of Topliss-reactive ketones (excluding diaryl/α,β-unsaturated/α-hetero) is 1. The Morgan fingerprint density at radius 1 is 1.22 bits per heavy atom. The molecule has 0 saturated heterocycles. The first-order valence-corrected chi connectivity index (χ1v) is 6.20. The Morgan fingerprint density at radius 2 is 1.83 bits per heavy atom. The zero-order chi connectivity index (χ0) is 13.1. The summed E-state index contributed by atoms with van der Waals surface area (Å²) in [5.41, 5.74) is 1.40. The summed E-state index contributed by atoms with van der Waals surface area (Å²) in [6.07, 6.45) is 1.89. The van der Waals surface area contributed by atoms with Crippen LogP contribution in [0.4, 0.5) is 5.69 Å². The lowest BCUT2D eigenvalue weighted by Gasteiger charge is -2.09. The van der Waals surface area contributed by atoms with E-state index in [4.69, 9.17) is 12.2 Å². The van der Waals surface area contributed by atoms with Crippen molar-refractivity contribution in [2.45, 2.75) is 19.8 Å². The molecule has 2 N–H and O–H groups in total. The molecule has 2 rings (SSSR count). The number of rotatable bonds is 3. The molecule has 1 fully saturated rings. The van der Waals surface area contributed by atoms with Crippen molar-refractivity contribution >= 4 is 34.7 Å². The highest BCUT2D eigenvalue weighted by Gasteiger charge is 2.29. The maximum absolute atomic E-state index is 11.5. The van der Waals surface area contributed by atoms with Gasteiger partial charge in [-0.05, 0) is 56.2 Å². The largest absolute Gasteiger partial charge is 0.332 e. The molecule has 0 heterocycles. The monoisotopic (exact) mass is 262 g/mol. The van der Waals surface area contributed by atoms with Crippen molar-refractivity contribution in [1.82, 2.24) is 5.32 Å². The second-order valence-corrected chi connectivity index (χ2v) is 4.76. The van der Waals surface area contributed by atoms with Gasteiger partial charge in [-0.25, -0.2) is 0 Å². The minimum atomic E-state index is -0.0205. The van der Waals surface area contributed by atoms with Gasteiger partial charge < -0.3 is 10.6 Å². The fourth-order valence-corrected chi connectivity index (χ4v) is 1.73. The van der Waals surface area contributed by atoms with Crippen LogP contribution in [0, 0.1) is 5.92 Å². The van der Waals surface area contributed by atoms with Crippen molar-refractivity contribution in [3.8, 4) is 0 Å². The average Bonchev–Trinajstić information content (AvgIpc) is 3.13. The molecule has 1 aromatic carbocycles. The fourth-order valence-electron chi connectivity index (χ4n) is 1.51. The van der Waals surface area contributed by atoms with Crippen LogP contribution in [0.2, 0.25) is 0 Å². The lowest BCUT2D eigenvalue weighted by atomic mass is 10.1. The number of hydrogen-bond acceptors (Lipinski definition) is 3. The van der Waals surface area contributed by atoms with E-state index in [1.54, 1.807) is 24.3 Å². The second-order valence-electron chi connectivity index (χ2n) is 4.35. The van der Waals surface area contributed by atoms with Crippen molar-refractivity contribution in [2.24, 2.45) is 5.92 Å². The summed E-state index contributed by atoms with van der Waals surface area (Å²) in [5, 5.41) is 5.85. The van der Waals surface area contributed by atoms with Crippen LogP contribution in [0.1, 0.15) is 30.1 Å². The lowest BCUT2D eigenvalue weighted by molar-refractivity contribution is -0.120. The molecule has 0 radical (unpaired) electrons. The van der Waals surface area contributed by atoms with Gasteiger partial charge in [-0.1, -0.05) is 0 Å². The van der Waals surface area contributed by atoms with Crippen LogP contribution >= 0.6 is 12.2 Å². The van der Waals surface area contributed by atoms with Gasteiger partial charge in [0.1, 0.15) is 0 Å². The molecule has 1 amide bonds. The van der Waals surface area contributed by atoms with E-state index < -0.39 is 0 Å². The first-order chi connectivity index (χ1) is 8.56. The van der Waals surface area contributed by atoms with Gasteiger partial charge in [0.05, 0.1) is 0 Å². The molecule has 0 aromatic heterocycles. The van der Waals surface area contributed by atoms with Crippen molar-refractivity contribution in [3.05, 3.63) is 29.8 Å². The number of carbonyl (C=O) groups is 2. The Hall–Kier alpha value is -1.75. The maximum atomic E-state index is 11.5. The standard InChI is InChI=1S/C13H14N2O2S/c1-8(16)9-4-6-11(7-5-9)14-13(18)15-12(17)10-2-3-10/h4-7,10H,2-3H2,1H3,(H2,14,15,17,18). The SMILES string of the molecule is CC(=O)c1ccc(NC(=S)NC(=O)C2CC2)cc1. The number of carbonyl (C=O) groups excluding carboxylic acids is 2. The zero-order valence-corrected chi connectivity index (χ0v) is 10.8. The Balaban J connectivity index is 1.90. The molecular weight excluding hydrogens is 248 g/mol. The number of benzene rings is 1. The Labute approximate surface area is 111 Å². The number of nitrogens with one attached hydrogen (secondary N) is 2. The first-order valence-electron chi connectivity index (χ1n) is 5.79. The molecule has 1 saturated carbocycles. The number of anilines is 1. The Bertz CT molecular complexity index is 492. The molecule has 0 bridgehead atoms. The van der Waals surface area contributed by atoms with Crippen molar-refractivity contribution in [1.29, 1.82) is 0 Å². The molecule has 1 aliphatic rings. The smallest absolute Gasteiger partial charge is 0.229 e. The van der Waals surface area contributed by atoms with Gasteiger partial charge in [-0.2, -0.15) is 0 Å². The van der Waals surface area contributed by atoms with Crippen LogP contribution in [-0.2, 0) is 4.79 Å². The number of thiocarbonyl (C=S) groups is 1. The summed E-state index contributed by atoms with van der Waals surface area (Å²) < 4.78 is 0. The third-order valence-corrected chi connectivity index (χ3v) is 2.94. The van der Waals surface area contributed by atoms with E-state index in [0.29, 0.717) is 10.7 Å². The minimum Gasteiger partial charge on any atom is -0.332 e. The normalized spacial score (nSPS) is 13.8. The minimum absolute atomic E-state index is 0.0196. The molecule has 0 atom stereocenters. The summed E-state index contributed by atoms with van der Waals surface area (Å²) in [6.45, 7) is 1.52. The van der Waals surface area contributed by atoms with Crippen molar-refractivity contribution in [3.63, 3.8) is 0 Å². The van der Waals surface area contributed by atoms with E-state index >= 15 is 0 Å². The fraction of sp³-hybridized carbons (Fsp3) is 0.308. The second kappa shape index (κ2) is 5.27. The van der Waals surface area contributed by atoms with E-state index in [1.807, 2.05) is 0 Å². The van der Waals surface area contributed by atoms with E-state index in [1.165, 1.54) is 6.92 Å². The molecule has 0 unspecified atom stereocenters. The number of amides is 1. The maximum Gasteiger partial charge on any atom is 0.229 e. The topological polar surface area (TPSA) is 58.2 Å². The summed E-state index contributed by atoms with van der Waals surface area (Å²) >= 11 is 5.03. The van der Waals surface area contributed by atoms with Crippen molar-refractivity contribution < 1.29 is 9.59 Å². The summed E-state index contributed by atoms with van der Waals surface area (Å²) in [7, 11) is 0. The molecule has 0 aliphatic heterocycles. The van der Waals surface area contributed by atoms with Gasteiger partial charge in [-0.15, -0.1) is 0 Å². The van der Waals surface area contributed by atoms with Gasteiger partial charge in [0.2, 0.25) is 5.91 Å². The Morgan fingerprint density at radius 3 is 2.33 bits per heavy atom. The third-order valence-electron chi connectivity index (χ3n) is 2.73. The average molecular weight is 262 g/mol. The van der Waals surface area contributed by atoms with Gasteiger partial charge >= 0.3 is 0 Å². The highest BCUT2D eigenvalue weighted by atomic mass is 32.1. The van der Waals surface area contributed by atoms with Crippen LogP contribution in [-0.4, -0.2) is 16.8 Å². The molecule has 1 aliphatic carbocycles. The van der Waals surface area contributed by atoms with Crippen LogP contribution in [0.15, 0.2) is 24.3 Å². The lowest BCUT2D eigenvalue weighted by Crippen LogP contribution is -2.35. The van der Waals surface area contributed by atoms with Crippen molar-refractivity contribution in [2.75, 3.05) is 5.32 Å². The molecule has 5 heteroatoms. The van der Waals surface area contributed by atoms with Crippen LogP contribution < -0.4 is 10.6 Å². The molecule has 1 aromatic rings. The predicted octanol–water partition coefficient (Wildman–Crippen LogP) is 2.11. The van der Waals surface area contributed by atoms with Gasteiger partial charge in [0, 0.05) is 17.2 Å². The predicted molar refractivity (Wildman–Crippen MR) is 73.5 cm³/mol. The molecule has 94 valence electrons. The van der Waals surface area contributed by atoms with E-state index in [2.05, 4.69) is 10.6 Å². The summed E-state index contributed by atoms with van der Waals surface area (Å²) in [4.78, 5) is 22.6. The zero-order valence-electron chi connectivity index (χ0n) is 10.0. The van der Waals surface area contributed by atoms with Crippen LogP contribution in [0.3, 0.4) is 0 Å². The van der Waals surface area contributed by atoms with Gasteiger partial charge in [0.25, 0.3) is 0 Å². The highest BCUT2D eigenvalue weighted by molar-refractivity contribution is 7.80. The quantitative estimate of drug-likeness (QED) is 0.647. The number of ketones is 1. The van der Waals surface area contributed by atoms with Crippen LogP contribution in [0.25, 0.3) is 0 Å². The van der Waals surface area contributed by atoms with E-state index in [-0.39, 0.29) is 17.6 Å². The summed E-state index contributed by atoms with van der Waals surface area (Å²) in [5.74, 6) is 0.129. The van der Waals surface area contributed by atoms with E-state index in [9.17, 15) is 9.59 Å². The molecule has 0 spiro atoms. The Kier molecular flexibility index (Phi) is 3.72. The molecule has 18 heavy (non-hydrogen) atoms. The van der Waals surface area contributed by atoms with Gasteiger partial charge in [0.15, 0.2) is 10.9 Å². The highest BCUT2D eigenvalue weighted by Crippen LogP contribution is 2.28. The van der Waals surface area contributed by atoms with E-state index in [0.717, 1.165) is 18.5 Å². The number of hydrogen-bond donors (Lipinski definition) is 2. The van der Waals surface area contributed by atoms with Gasteiger partial charge in [-0.3, -0.25) is 9.59 Å². The molecular formula is C13H14N2O2S. The third kappa shape index (κ3) is 3.37. The first kappa shape index (κ1) is 12.7. The summed E-state index contributed by atoms with van der Waals surface area (Å²) in [6, 6.07) is 6.95. The molecule has 4 nitrogen and oxygen atoms in total.